The minimum atomic E-state index is 0.0693. The van der Waals surface area contributed by atoms with Gasteiger partial charge in [-0.2, -0.15) is 5.10 Å². The molecule has 0 unspecified atom stereocenters. The predicted octanol–water partition coefficient (Wildman–Crippen LogP) is 2.68. The second kappa shape index (κ2) is 5.56. The van der Waals surface area contributed by atoms with E-state index in [9.17, 15) is 0 Å². The number of benzene rings is 1. The first-order valence-electron chi connectivity index (χ1n) is 6.25. The molecule has 3 N–H and O–H groups in total. The number of hydrogen-bond donors (Lipinski definition) is 2. The predicted molar refractivity (Wildman–Crippen MR) is 74.8 cm³/mol. The molecule has 0 atom stereocenters. The SMILES string of the molecule is CCCn1cc(Oc2ccc(C(=N)N)c(C)c2)cn1. The third-order valence-electron chi connectivity index (χ3n) is 2.79. The van der Waals surface area contributed by atoms with Crippen LogP contribution in [0.15, 0.2) is 30.6 Å². The van der Waals surface area contributed by atoms with Gasteiger partial charge >= 0.3 is 0 Å². The van der Waals surface area contributed by atoms with Crippen LogP contribution in [0.2, 0.25) is 0 Å². The molecular weight excluding hydrogens is 240 g/mol. The highest BCUT2D eigenvalue weighted by Crippen LogP contribution is 2.23. The van der Waals surface area contributed by atoms with E-state index in [0.717, 1.165) is 29.8 Å². The van der Waals surface area contributed by atoms with Crippen molar-refractivity contribution in [3.05, 3.63) is 41.7 Å². The van der Waals surface area contributed by atoms with Gasteiger partial charge in [0.05, 0.1) is 12.4 Å². The highest BCUT2D eigenvalue weighted by Gasteiger charge is 2.05. The Morgan fingerprint density at radius 1 is 1.42 bits per heavy atom. The summed E-state index contributed by atoms with van der Waals surface area (Å²) >= 11 is 0. The molecule has 19 heavy (non-hydrogen) atoms. The Balaban J connectivity index is 2.14. The van der Waals surface area contributed by atoms with Gasteiger partial charge in [0.15, 0.2) is 5.75 Å². The maximum atomic E-state index is 7.44. The van der Waals surface area contributed by atoms with Crippen molar-refractivity contribution in [1.82, 2.24) is 9.78 Å². The highest BCUT2D eigenvalue weighted by molar-refractivity contribution is 5.96. The van der Waals surface area contributed by atoms with Gasteiger partial charge < -0.3 is 10.5 Å². The van der Waals surface area contributed by atoms with Gasteiger partial charge in [-0.1, -0.05) is 6.92 Å². The smallest absolute Gasteiger partial charge is 0.165 e. The molecule has 2 aromatic rings. The number of aromatic nitrogens is 2. The second-order valence-corrected chi connectivity index (χ2v) is 4.43. The lowest BCUT2D eigenvalue weighted by Gasteiger charge is -2.07. The van der Waals surface area contributed by atoms with Crippen LogP contribution in [0.3, 0.4) is 0 Å². The summed E-state index contributed by atoms with van der Waals surface area (Å²) in [5, 5.41) is 11.6. The van der Waals surface area contributed by atoms with Crippen LogP contribution in [0.5, 0.6) is 11.5 Å². The van der Waals surface area contributed by atoms with Crippen LogP contribution in [0, 0.1) is 12.3 Å². The van der Waals surface area contributed by atoms with Gasteiger partial charge in [-0.05, 0) is 37.1 Å². The van der Waals surface area contributed by atoms with Crippen LogP contribution < -0.4 is 10.5 Å². The van der Waals surface area contributed by atoms with Gasteiger partial charge in [-0.25, -0.2) is 0 Å². The molecule has 0 spiro atoms. The van der Waals surface area contributed by atoms with Crippen molar-refractivity contribution in [1.29, 1.82) is 5.41 Å². The molecule has 0 saturated heterocycles. The van der Waals surface area contributed by atoms with Gasteiger partial charge in [0.1, 0.15) is 11.6 Å². The van der Waals surface area contributed by atoms with Crippen molar-refractivity contribution in [3.63, 3.8) is 0 Å². The molecule has 100 valence electrons. The third-order valence-corrected chi connectivity index (χ3v) is 2.79. The normalized spacial score (nSPS) is 10.4. The number of rotatable bonds is 5. The van der Waals surface area contributed by atoms with E-state index in [-0.39, 0.29) is 5.84 Å². The third kappa shape index (κ3) is 3.13. The van der Waals surface area contributed by atoms with Crippen LogP contribution in [0.25, 0.3) is 0 Å². The fourth-order valence-corrected chi connectivity index (χ4v) is 1.89. The first-order valence-corrected chi connectivity index (χ1v) is 6.25. The Morgan fingerprint density at radius 2 is 2.21 bits per heavy atom. The molecule has 2 rings (SSSR count). The Bertz CT molecular complexity index is 589. The summed E-state index contributed by atoms with van der Waals surface area (Å²) in [5.74, 6) is 1.50. The van der Waals surface area contributed by atoms with E-state index in [2.05, 4.69) is 12.0 Å². The van der Waals surface area contributed by atoms with Crippen molar-refractivity contribution in [2.45, 2.75) is 26.8 Å². The molecule has 0 aliphatic carbocycles. The van der Waals surface area contributed by atoms with Crippen molar-refractivity contribution >= 4 is 5.84 Å². The standard InChI is InChI=1S/C14H18N4O/c1-3-6-18-9-12(8-17-18)19-11-4-5-13(14(15)16)10(2)7-11/h4-5,7-9H,3,6H2,1-2H3,(H3,15,16). The monoisotopic (exact) mass is 258 g/mol. The van der Waals surface area contributed by atoms with Crippen LogP contribution in [-0.4, -0.2) is 15.6 Å². The second-order valence-electron chi connectivity index (χ2n) is 4.43. The Hall–Kier alpha value is -2.30. The van der Waals surface area contributed by atoms with Gasteiger partial charge in [0.25, 0.3) is 0 Å². The van der Waals surface area contributed by atoms with Crippen molar-refractivity contribution < 1.29 is 4.74 Å². The summed E-state index contributed by atoms with van der Waals surface area (Å²) < 4.78 is 7.58. The maximum Gasteiger partial charge on any atom is 0.165 e. The quantitative estimate of drug-likeness (QED) is 0.639. The molecule has 5 nitrogen and oxygen atoms in total. The fourth-order valence-electron chi connectivity index (χ4n) is 1.89. The lowest BCUT2D eigenvalue weighted by atomic mass is 10.1. The van der Waals surface area contributed by atoms with Crippen LogP contribution >= 0.6 is 0 Å². The summed E-state index contributed by atoms with van der Waals surface area (Å²) in [6.45, 7) is 4.89. The summed E-state index contributed by atoms with van der Waals surface area (Å²) in [5.41, 5.74) is 7.14. The summed E-state index contributed by atoms with van der Waals surface area (Å²) in [7, 11) is 0. The van der Waals surface area contributed by atoms with Crippen molar-refractivity contribution in [2.75, 3.05) is 0 Å². The van der Waals surface area contributed by atoms with E-state index in [1.807, 2.05) is 23.9 Å². The molecule has 1 aromatic carbocycles. The average molecular weight is 258 g/mol. The van der Waals surface area contributed by atoms with E-state index in [4.69, 9.17) is 15.9 Å². The Kier molecular flexibility index (Phi) is 3.85. The van der Waals surface area contributed by atoms with Crippen molar-refractivity contribution in [3.8, 4) is 11.5 Å². The summed E-state index contributed by atoms with van der Waals surface area (Å²) in [6.07, 6.45) is 4.61. The van der Waals surface area contributed by atoms with Crippen molar-refractivity contribution in [2.24, 2.45) is 5.73 Å². The minimum Gasteiger partial charge on any atom is -0.454 e. The summed E-state index contributed by atoms with van der Waals surface area (Å²) in [6, 6.07) is 5.47. The Labute approximate surface area is 112 Å². The lowest BCUT2D eigenvalue weighted by Crippen LogP contribution is -2.12. The zero-order valence-electron chi connectivity index (χ0n) is 11.2. The molecule has 0 fully saturated rings. The van der Waals surface area contributed by atoms with Crippen LogP contribution in [0.1, 0.15) is 24.5 Å². The van der Waals surface area contributed by atoms with Crippen LogP contribution in [-0.2, 0) is 6.54 Å². The largest absolute Gasteiger partial charge is 0.454 e. The van der Waals surface area contributed by atoms with Gasteiger partial charge in [-0.3, -0.25) is 10.1 Å². The van der Waals surface area contributed by atoms with E-state index < -0.39 is 0 Å². The number of amidine groups is 1. The number of nitrogens with zero attached hydrogens (tertiary/aromatic N) is 2. The minimum absolute atomic E-state index is 0.0693. The average Bonchev–Trinajstić information content (AvgIpc) is 2.76. The molecule has 5 heteroatoms. The zero-order valence-corrected chi connectivity index (χ0v) is 11.2. The maximum absolute atomic E-state index is 7.44. The lowest BCUT2D eigenvalue weighted by molar-refractivity contribution is 0.480. The van der Waals surface area contributed by atoms with E-state index in [1.54, 1.807) is 18.3 Å². The van der Waals surface area contributed by atoms with E-state index in [1.165, 1.54) is 0 Å². The molecule has 0 aliphatic rings. The van der Waals surface area contributed by atoms with E-state index >= 15 is 0 Å². The molecule has 0 aliphatic heterocycles. The van der Waals surface area contributed by atoms with Gasteiger partial charge in [0.2, 0.25) is 0 Å². The topological polar surface area (TPSA) is 76.9 Å². The first-order chi connectivity index (χ1) is 9.10. The van der Waals surface area contributed by atoms with Crippen LogP contribution in [0.4, 0.5) is 0 Å². The first kappa shape index (κ1) is 13.1. The summed E-state index contributed by atoms with van der Waals surface area (Å²) in [4.78, 5) is 0. The number of ether oxygens (including phenoxy) is 1. The molecule has 0 radical (unpaired) electrons. The molecule has 1 aromatic heterocycles. The number of nitrogens with one attached hydrogen (secondary N) is 1. The number of aryl methyl sites for hydroxylation is 2. The number of nitrogens with two attached hydrogens (primary N) is 1. The fraction of sp³-hybridized carbons (Fsp3) is 0.286. The van der Waals surface area contributed by atoms with E-state index in [0.29, 0.717) is 5.75 Å². The molecule has 0 amide bonds. The van der Waals surface area contributed by atoms with Gasteiger partial charge in [-0.15, -0.1) is 0 Å². The molecule has 0 bridgehead atoms. The number of nitrogen functional groups attached to an aromatic ring is 1. The zero-order chi connectivity index (χ0) is 13.8. The molecular formula is C14H18N4O. The highest BCUT2D eigenvalue weighted by atomic mass is 16.5. The molecule has 1 heterocycles. The Morgan fingerprint density at radius 3 is 2.84 bits per heavy atom. The number of hydrogen-bond acceptors (Lipinski definition) is 3. The van der Waals surface area contributed by atoms with Gasteiger partial charge in [0, 0.05) is 12.1 Å². The molecule has 0 saturated carbocycles.